The van der Waals surface area contributed by atoms with Gasteiger partial charge in [-0.25, -0.2) is 9.97 Å². The number of piperidine rings is 1. The molecule has 3 aromatic rings. The summed E-state index contributed by atoms with van der Waals surface area (Å²) in [5, 5.41) is 3.94. The molecule has 1 amide bonds. The van der Waals surface area contributed by atoms with Crippen LogP contribution in [0.25, 0.3) is 0 Å². The van der Waals surface area contributed by atoms with Crippen molar-refractivity contribution in [2.75, 3.05) is 23.3 Å². The molecular formula is C24H26N4OS. The molecule has 0 spiro atoms. The fraction of sp³-hybridized carbons (Fsp3) is 0.292. The van der Waals surface area contributed by atoms with E-state index in [1.54, 1.807) is 24.2 Å². The topological polar surface area (TPSA) is 58.1 Å². The monoisotopic (exact) mass is 418 g/mol. The molecule has 1 fully saturated rings. The summed E-state index contributed by atoms with van der Waals surface area (Å²) in [4.78, 5) is 25.4. The van der Waals surface area contributed by atoms with Gasteiger partial charge in [-0.2, -0.15) is 0 Å². The Morgan fingerprint density at radius 1 is 1.00 bits per heavy atom. The van der Waals surface area contributed by atoms with Crippen LogP contribution in [0.15, 0.2) is 70.8 Å². The maximum absolute atomic E-state index is 12.9. The Bertz CT molecular complexity index is 1000. The Hall–Kier alpha value is -2.86. The molecule has 0 bridgehead atoms. The van der Waals surface area contributed by atoms with Crippen LogP contribution in [0.4, 0.5) is 11.5 Å². The van der Waals surface area contributed by atoms with E-state index >= 15 is 0 Å². The summed E-state index contributed by atoms with van der Waals surface area (Å²) in [5.41, 5.74) is 3.26. The van der Waals surface area contributed by atoms with Crippen molar-refractivity contribution in [3.63, 3.8) is 0 Å². The van der Waals surface area contributed by atoms with Crippen molar-refractivity contribution < 1.29 is 4.79 Å². The van der Waals surface area contributed by atoms with E-state index < -0.39 is 0 Å². The second-order valence-electron chi connectivity index (χ2n) is 7.74. The van der Waals surface area contributed by atoms with Crippen LogP contribution in [-0.4, -0.2) is 29.0 Å². The first-order chi connectivity index (χ1) is 14.6. The number of hydrogen-bond acceptors (Lipinski definition) is 5. The molecule has 1 aliphatic rings. The summed E-state index contributed by atoms with van der Waals surface area (Å²) < 4.78 is 0. The van der Waals surface area contributed by atoms with Gasteiger partial charge in [-0.1, -0.05) is 47.2 Å². The van der Waals surface area contributed by atoms with E-state index in [-0.39, 0.29) is 11.8 Å². The number of nitrogens with one attached hydrogen (secondary N) is 1. The van der Waals surface area contributed by atoms with Gasteiger partial charge in [-0.15, -0.1) is 0 Å². The lowest BCUT2D eigenvalue weighted by molar-refractivity contribution is -0.120. The summed E-state index contributed by atoms with van der Waals surface area (Å²) in [7, 11) is 0. The highest BCUT2D eigenvalue weighted by Crippen LogP contribution is 2.34. The fourth-order valence-corrected chi connectivity index (χ4v) is 4.47. The molecule has 0 aliphatic carbocycles. The SMILES string of the molecule is Cc1ccc(NC(=O)[C@H]2CCCN(c3nccnc3Sc3ccc(C)cc3)C2)cc1. The number of anilines is 2. The Labute approximate surface area is 181 Å². The predicted octanol–water partition coefficient (Wildman–Crippen LogP) is 5.10. The first-order valence-corrected chi connectivity index (χ1v) is 11.1. The predicted molar refractivity (Wildman–Crippen MR) is 122 cm³/mol. The summed E-state index contributed by atoms with van der Waals surface area (Å²) in [5.74, 6) is 0.857. The van der Waals surface area contributed by atoms with E-state index in [9.17, 15) is 4.79 Å². The minimum atomic E-state index is -0.0701. The molecule has 30 heavy (non-hydrogen) atoms. The molecule has 1 saturated heterocycles. The van der Waals surface area contributed by atoms with Gasteiger partial charge in [0, 0.05) is 36.1 Å². The van der Waals surface area contributed by atoms with Crippen LogP contribution in [0, 0.1) is 19.8 Å². The average Bonchev–Trinajstić information content (AvgIpc) is 2.77. The third-order valence-electron chi connectivity index (χ3n) is 5.29. The minimum Gasteiger partial charge on any atom is -0.354 e. The number of benzene rings is 2. The van der Waals surface area contributed by atoms with E-state index in [4.69, 9.17) is 0 Å². The summed E-state index contributed by atoms with van der Waals surface area (Å²) in [6, 6.07) is 16.3. The van der Waals surface area contributed by atoms with Gasteiger partial charge < -0.3 is 10.2 Å². The molecule has 1 N–H and O–H groups in total. The maximum Gasteiger partial charge on any atom is 0.229 e. The van der Waals surface area contributed by atoms with Crippen LogP contribution in [0.5, 0.6) is 0 Å². The summed E-state index contributed by atoms with van der Waals surface area (Å²) in [6.07, 6.45) is 5.29. The minimum absolute atomic E-state index is 0.0696. The zero-order valence-electron chi connectivity index (χ0n) is 17.3. The molecule has 0 radical (unpaired) electrons. The highest BCUT2D eigenvalue weighted by Gasteiger charge is 2.28. The summed E-state index contributed by atoms with van der Waals surface area (Å²) in [6.45, 7) is 5.65. The second kappa shape index (κ2) is 9.30. The Morgan fingerprint density at radius 2 is 1.67 bits per heavy atom. The average molecular weight is 419 g/mol. The lowest BCUT2D eigenvalue weighted by Gasteiger charge is -2.33. The third-order valence-corrected chi connectivity index (χ3v) is 6.28. The van der Waals surface area contributed by atoms with Gasteiger partial charge in [-0.3, -0.25) is 4.79 Å². The Balaban J connectivity index is 1.47. The van der Waals surface area contributed by atoms with Crippen LogP contribution in [0.3, 0.4) is 0 Å². The molecular weight excluding hydrogens is 392 g/mol. The van der Waals surface area contributed by atoms with Gasteiger partial charge in [0.25, 0.3) is 0 Å². The van der Waals surface area contributed by atoms with Crippen molar-refractivity contribution in [2.24, 2.45) is 5.92 Å². The molecule has 154 valence electrons. The van der Waals surface area contributed by atoms with Crippen LogP contribution in [0.2, 0.25) is 0 Å². The molecule has 5 nitrogen and oxygen atoms in total. The highest BCUT2D eigenvalue weighted by molar-refractivity contribution is 7.99. The molecule has 2 heterocycles. The molecule has 1 aromatic heterocycles. The number of aromatic nitrogens is 2. The fourth-order valence-electron chi connectivity index (χ4n) is 3.59. The zero-order valence-corrected chi connectivity index (χ0v) is 18.2. The van der Waals surface area contributed by atoms with Crippen LogP contribution >= 0.6 is 11.8 Å². The number of carbonyl (C=O) groups excluding carboxylic acids is 1. The maximum atomic E-state index is 12.9. The second-order valence-corrected chi connectivity index (χ2v) is 8.80. The van der Waals surface area contributed by atoms with E-state index in [0.717, 1.165) is 40.8 Å². The number of amides is 1. The zero-order chi connectivity index (χ0) is 20.9. The molecule has 4 rings (SSSR count). The van der Waals surface area contributed by atoms with Crippen molar-refractivity contribution >= 4 is 29.2 Å². The Kier molecular flexibility index (Phi) is 6.33. The van der Waals surface area contributed by atoms with Crippen molar-refractivity contribution in [3.8, 4) is 0 Å². The molecule has 0 unspecified atom stereocenters. The van der Waals surface area contributed by atoms with E-state index in [1.807, 2.05) is 31.2 Å². The molecule has 2 aromatic carbocycles. The van der Waals surface area contributed by atoms with Gasteiger partial charge in [0.05, 0.1) is 5.92 Å². The van der Waals surface area contributed by atoms with E-state index in [2.05, 4.69) is 51.4 Å². The van der Waals surface area contributed by atoms with E-state index in [1.165, 1.54) is 11.1 Å². The van der Waals surface area contributed by atoms with Crippen molar-refractivity contribution in [3.05, 3.63) is 72.1 Å². The molecule has 0 saturated carbocycles. The van der Waals surface area contributed by atoms with Crippen molar-refractivity contribution in [1.29, 1.82) is 0 Å². The highest BCUT2D eigenvalue weighted by atomic mass is 32.2. The molecule has 6 heteroatoms. The third kappa shape index (κ3) is 5.00. The van der Waals surface area contributed by atoms with E-state index in [0.29, 0.717) is 6.54 Å². The summed E-state index contributed by atoms with van der Waals surface area (Å²) >= 11 is 1.61. The van der Waals surface area contributed by atoms with Crippen molar-refractivity contribution in [2.45, 2.75) is 36.6 Å². The van der Waals surface area contributed by atoms with Gasteiger partial charge in [0.2, 0.25) is 5.91 Å². The van der Waals surface area contributed by atoms with Crippen LogP contribution < -0.4 is 10.2 Å². The smallest absolute Gasteiger partial charge is 0.229 e. The number of aryl methyl sites for hydroxylation is 2. The van der Waals surface area contributed by atoms with Gasteiger partial charge >= 0.3 is 0 Å². The standard InChI is InChI=1S/C24H26N4OS/c1-17-5-9-20(10-6-17)27-23(29)19-4-3-15-28(16-19)22-24(26-14-13-25-22)30-21-11-7-18(2)8-12-21/h5-14,19H,3-4,15-16H2,1-2H3,(H,27,29)/t19-/m0/s1. The first kappa shape index (κ1) is 20.4. The first-order valence-electron chi connectivity index (χ1n) is 10.3. The lowest BCUT2D eigenvalue weighted by atomic mass is 9.97. The van der Waals surface area contributed by atoms with Crippen molar-refractivity contribution in [1.82, 2.24) is 9.97 Å². The normalized spacial score (nSPS) is 16.3. The van der Waals surface area contributed by atoms with Gasteiger partial charge in [0.1, 0.15) is 5.03 Å². The largest absolute Gasteiger partial charge is 0.354 e. The molecule has 1 aliphatic heterocycles. The van der Waals surface area contributed by atoms with Gasteiger partial charge in [0.15, 0.2) is 5.82 Å². The van der Waals surface area contributed by atoms with Gasteiger partial charge in [-0.05, 0) is 51.0 Å². The number of carbonyl (C=O) groups is 1. The van der Waals surface area contributed by atoms with Crippen LogP contribution in [-0.2, 0) is 4.79 Å². The van der Waals surface area contributed by atoms with Crippen LogP contribution in [0.1, 0.15) is 24.0 Å². The molecule has 1 atom stereocenters. The quantitative estimate of drug-likeness (QED) is 0.625. The Morgan fingerprint density at radius 3 is 2.40 bits per heavy atom. The number of hydrogen-bond donors (Lipinski definition) is 1. The lowest BCUT2D eigenvalue weighted by Crippen LogP contribution is -2.41. The number of rotatable bonds is 5. The number of nitrogens with zero attached hydrogens (tertiary/aromatic N) is 3.